The number of halogens is 1. The number of nitrogens with one attached hydrogen (secondary N) is 2. The molecule has 2 aromatic carbocycles. The molecule has 0 radical (unpaired) electrons. The Labute approximate surface area is 155 Å². The average molecular weight is 360 g/mol. The predicted molar refractivity (Wildman–Crippen MR) is 105 cm³/mol. The zero-order chi connectivity index (χ0) is 18.1. The number of carbonyl (C=O) groups is 1. The van der Waals surface area contributed by atoms with E-state index in [1.54, 1.807) is 0 Å². The largest absolute Gasteiger partial charge is 0.375 e. The Kier molecular flexibility index (Phi) is 7.76. The molecule has 0 aliphatic heterocycles. The molecule has 0 unspecified atom stereocenters. The molecule has 0 bridgehead atoms. The van der Waals surface area contributed by atoms with Crippen LogP contribution in [-0.4, -0.2) is 32.6 Å². The first-order valence-corrected chi connectivity index (χ1v) is 8.96. The van der Waals surface area contributed by atoms with Gasteiger partial charge < -0.3 is 15.5 Å². The molecule has 0 aliphatic carbocycles. The van der Waals surface area contributed by atoms with Crippen LogP contribution in [0.5, 0.6) is 0 Å². The van der Waals surface area contributed by atoms with Crippen molar-refractivity contribution in [1.29, 1.82) is 0 Å². The summed E-state index contributed by atoms with van der Waals surface area (Å²) in [6, 6.07) is 18.0. The van der Waals surface area contributed by atoms with Gasteiger partial charge in [-0.2, -0.15) is 0 Å². The Morgan fingerprint density at radius 2 is 1.80 bits per heavy atom. The molecule has 0 spiro atoms. The molecule has 25 heavy (non-hydrogen) atoms. The van der Waals surface area contributed by atoms with Crippen molar-refractivity contribution < 1.29 is 4.79 Å². The Hall–Kier alpha value is -2.04. The average Bonchev–Trinajstić information content (AvgIpc) is 2.64. The van der Waals surface area contributed by atoms with Gasteiger partial charge in [0.15, 0.2) is 0 Å². The van der Waals surface area contributed by atoms with Gasteiger partial charge >= 0.3 is 0 Å². The Bertz CT molecular complexity index is 646. The summed E-state index contributed by atoms with van der Waals surface area (Å²) >= 11 is 5.89. The maximum Gasteiger partial charge on any atom is 0.233 e. The van der Waals surface area contributed by atoms with E-state index in [4.69, 9.17) is 11.6 Å². The van der Waals surface area contributed by atoms with Crippen LogP contribution >= 0.6 is 11.6 Å². The molecule has 2 aromatic rings. The van der Waals surface area contributed by atoms with Gasteiger partial charge in [-0.05, 0) is 43.2 Å². The summed E-state index contributed by atoms with van der Waals surface area (Å²) in [7, 11) is 2.06. The minimum atomic E-state index is 0.0168. The highest BCUT2D eigenvalue weighted by Gasteiger charge is 2.07. The van der Waals surface area contributed by atoms with Crippen LogP contribution in [0.1, 0.15) is 24.9 Å². The lowest BCUT2D eigenvalue weighted by Crippen LogP contribution is -2.36. The Balaban J connectivity index is 1.61. The number of carbonyl (C=O) groups excluding carboxylic acids is 1. The standard InChI is InChI=1S/C20H26ClN3O/c1-16(17-9-11-18(21)12-10-17)23-15-20(25)22-13-6-14-24(2)19-7-4-3-5-8-19/h3-5,7-12,16,23H,6,13-15H2,1-2H3,(H,22,25)/t16-/m1/s1. The zero-order valence-corrected chi connectivity index (χ0v) is 15.6. The molecule has 0 aliphatic rings. The second-order valence-corrected chi connectivity index (χ2v) is 6.55. The molecule has 1 amide bonds. The fraction of sp³-hybridized carbons (Fsp3) is 0.350. The topological polar surface area (TPSA) is 44.4 Å². The van der Waals surface area contributed by atoms with E-state index in [0.29, 0.717) is 18.1 Å². The Morgan fingerprint density at radius 3 is 2.48 bits per heavy atom. The van der Waals surface area contributed by atoms with Gasteiger partial charge in [0.25, 0.3) is 0 Å². The number of hydrogen-bond donors (Lipinski definition) is 2. The van der Waals surface area contributed by atoms with Gasteiger partial charge in [0.2, 0.25) is 5.91 Å². The van der Waals surface area contributed by atoms with Crippen LogP contribution < -0.4 is 15.5 Å². The number of hydrogen-bond acceptors (Lipinski definition) is 3. The summed E-state index contributed by atoms with van der Waals surface area (Å²) < 4.78 is 0. The fourth-order valence-electron chi connectivity index (χ4n) is 2.53. The maximum atomic E-state index is 11.9. The third-order valence-electron chi connectivity index (χ3n) is 4.13. The first-order chi connectivity index (χ1) is 12.1. The summed E-state index contributed by atoms with van der Waals surface area (Å²) in [4.78, 5) is 14.1. The van der Waals surface area contributed by atoms with E-state index in [-0.39, 0.29) is 11.9 Å². The summed E-state index contributed by atoms with van der Waals surface area (Å²) in [5.41, 5.74) is 2.30. The molecule has 0 fully saturated rings. The maximum absolute atomic E-state index is 11.9. The molecule has 4 nitrogen and oxygen atoms in total. The van der Waals surface area contributed by atoms with Crippen molar-refractivity contribution in [1.82, 2.24) is 10.6 Å². The lowest BCUT2D eigenvalue weighted by atomic mass is 10.1. The van der Waals surface area contributed by atoms with Crippen molar-refractivity contribution in [3.8, 4) is 0 Å². The zero-order valence-electron chi connectivity index (χ0n) is 14.8. The van der Waals surface area contributed by atoms with E-state index in [9.17, 15) is 4.79 Å². The van der Waals surface area contributed by atoms with Crippen molar-refractivity contribution in [3.63, 3.8) is 0 Å². The molecule has 0 saturated carbocycles. The lowest BCUT2D eigenvalue weighted by Gasteiger charge is -2.19. The Morgan fingerprint density at radius 1 is 1.12 bits per heavy atom. The normalized spacial score (nSPS) is 11.8. The summed E-state index contributed by atoms with van der Waals surface area (Å²) in [6.45, 7) is 3.91. The molecular weight excluding hydrogens is 334 g/mol. The summed E-state index contributed by atoms with van der Waals surface area (Å²) in [6.07, 6.45) is 0.907. The SMILES string of the molecule is C[C@@H](NCC(=O)NCCCN(C)c1ccccc1)c1ccc(Cl)cc1. The van der Waals surface area contributed by atoms with E-state index >= 15 is 0 Å². The second-order valence-electron chi connectivity index (χ2n) is 6.11. The molecule has 0 aromatic heterocycles. The molecule has 2 rings (SSSR count). The molecule has 1 atom stereocenters. The van der Waals surface area contributed by atoms with Crippen LogP contribution in [0.2, 0.25) is 5.02 Å². The fourth-order valence-corrected chi connectivity index (χ4v) is 2.66. The highest BCUT2D eigenvalue weighted by Crippen LogP contribution is 2.15. The van der Waals surface area contributed by atoms with Gasteiger partial charge in [-0.1, -0.05) is 41.9 Å². The lowest BCUT2D eigenvalue weighted by molar-refractivity contribution is -0.120. The first-order valence-electron chi connectivity index (χ1n) is 8.58. The minimum Gasteiger partial charge on any atom is -0.375 e. The van der Waals surface area contributed by atoms with Gasteiger partial charge in [-0.3, -0.25) is 4.79 Å². The van der Waals surface area contributed by atoms with Crippen LogP contribution in [0.4, 0.5) is 5.69 Å². The molecule has 0 saturated heterocycles. The van der Waals surface area contributed by atoms with Gasteiger partial charge in [-0.15, -0.1) is 0 Å². The van der Waals surface area contributed by atoms with Crippen molar-refractivity contribution in [2.75, 3.05) is 31.6 Å². The van der Waals surface area contributed by atoms with Crippen molar-refractivity contribution in [2.24, 2.45) is 0 Å². The molecule has 2 N–H and O–H groups in total. The van der Waals surface area contributed by atoms with E-state index in [2.05, 4.69) is 34.7 Å². The van der Waals surface area contributed by atoms with Gasteiger partial charge in [0.1, 0.15) is 0 Å². The monoisotopic (exact) mass is 359 g/mol. The number of benzene rings is 2. The van der Waals surface area contributed by atoms with Crippen molar-refractivity contribution >= 4 is 23.2 Å². The highest BCUT2D eigenvalue weighted by molar-refractivity contribution is 6.30. The molecular formula is C20H26ClN3O. The molecule has 0 heterocycles. The van der Waals surface area contributed by atoms with Crippen LogP contribution in [0.15, 0.2) is 54.6 Å². The van der Waals surface area contributed by atoms with Crippen molar-refractivity contribution in [3.05, 3.63) is 65.2 Å². The van der Waals surface area contributed by atoms with Gasteiger partial charge in [0.05, 0.1) is 6.54 Å². The van der Waals surface area contributed by atoms with Crippen LogP contribution in [0.3, 0.4) is 0 Å². The summed E-state index contributed by atoms with van der Waals surface area (Å²) in [5.74, 6) is 0.0168. The van der Waals surface area contributed by atoms with Crippen LogP contribution in [-0.2, 0) is 4.79 Å². The minimum absolute atomic E-state index is 0.0168. The van der Waals surface area contributed by atoms with E-state index in [1.165, 1.54) is 5.69 Å². The van der Waals surface area contributed by atoms with E-state index < -0.39 is 0 Å². The second kappa shape index (κ2) is 10.1. The van der Waals surface area contributed by atoms with Gasteiger partial charge in [0, 0.05) is 36.9 Å². The quantitative estimate of drug-likeness (QED) is 0.672. The van der Waals surface area contributed by atoms with E-state index in [1.807, 2.05) is 49.4 Å². The number of amides is 1. The summed E-state index contributed by atoms with van der Waals surface area (Å²) in [5, 5.41) is 6.90. The third kappa shape index (κ3) is 6.77. The third-order valence-corrected chi connectivity index (χ3v) is 4.38. The number of nitrogens with zero attached hydrogens (tertiary/aromatic N) is 1. The van der Waals surface area contributed by atoms with E-state index in [0.717, 1.165) is 18.5 Å². The smallest absolute Gasteiger partial charge is 0.233 e. The number of para-hydroxylation sites is 1. The van der Waals surface area contributed by atoms with Crippen molar-refractivity contribution in [2.45, 2.75) is 19.4 Å². The first kappa shape index (κ1) is 19.3. The molecule has 134 valence electrons. The van der Waals surface area contributed by atoms with Gasteiger partial charge in [-0.25, -0.2) is 0 Å². The highest BCUT2D eigenvalue weighted by atomic mass is 35.5. The van der Waals surface area contributed by atoms with Crippen LogP contribution in [0.25, 0.3) is 0 Å². The predicted octanol–water partition coefficient (Wildman–Crippen LogP) is 3.63. The van der Waals surface area contributed by atoms with Crippen LogP contribution in [0, 0.1) is 0 Å². The molecule has 5 heteroatoms. The number of anilines is 1. The number of rotatable bonds is 9.